The highest BCUT2D eigenvalue weighted by atomic mass is 32.2. The van der Waals surface area contributed by atoms with Gasteiger partial charge in [0.25, 0.3) is 10.0 Å². The first-order valence-corrected chi connectivity index (χ1v) is 18.0. The number of para-hydroxylation sites is 1. The summed E-state index contributed by atoms with van der Waals surface area (Å²) in [5.74, 6) is -2.87. The van der Waals surface area contributed by atoms with E-state index in [9.17, 15) is 28.2 Å². The van der Waals surface area contributed by atoms with Crippen LogP contribution in [0.15, 0.2) is 58.6 Å². The Morgan fingerprint density at radius 3 is 2.30 bits per heavy atom. The maximum atomic E-state index is 14.5. The van der Waals surface area contributed by atoms with E-state index in [1.165, 1.54) is 40.2 Å². The van der Waals surface area contributed by atoms with E-state index in [0.29, 0.717) is 16.8 Å². The van der Waals surface area contributed by atoms with Gasteiger partial charge in [-0.3, -0.25) is 9.10 Å². The van der Waals surface area contributed by atoms with Crippen LogP contribution < -0.4 is 10.0 Å². The number of carbonyl (C=O) groups excluding carboxylic acids is 1. The summed E-state index contributed by atoms with van der Waals surface area (Å²) >= 11 is 0. The van der Waals surface area contributed by atoms with Gasteiger partial charge in [-0.2, -0.15) is 0 Å². The molecule has 2 aromatic rings. The van der Waals surface area contributed by atoms with Crippen LogP contribution in [0, 0.1) is 11.8 Å². The first-order chi connectivity index (χ1) is 21.9. The molecule has 246 valence electrons. The molecule has 6 aliphatic heterocycles. The van der Waals surface area contributed by atoms with Gasteiger partial charge in [0.15, 0.2) is 0 Å². The molecule has 4 saturated heterocycles. The Morgan fingerprint density at radius 2 is 1.67 bits per heavy atom. The van der Waals surface area contributed by atoms with E-state index < -0.39 is 45.9 Å². The molecule has 4 atom stereocenters. The average Bonchev–Trinajstić information content (AvgIpc) is 3.29. The third kappa shape index (κ3) is 4.71. The number of benzene rings is 2. The maximum Gasteiger partial charge on any atom is 0.352 e. The molecule has 6 aliphatic rings. The summed E-state index contributed by atoms with van der Waals surface area (Å²) < 4.78 is 32.5. The number of nitrogens with two attached hydrogens (primary N) is 1. The highest BCUT2D eigenvalue weighted by molar-refractivity contribution is 7.93. The summed E-state index contributed by atoms with van der Waals surface area (Å²) in [6.07, 6.45) is 0.906. The predicted octanol–water partition coefficient (Wildman–Crippen LogP) is 1.61. The van der Waals surface area contributed by atoms with Crippen LogP contribution in [-0.2, 0) is 26.0 Å². The van der Waals surface area contributed by atoms with Crippen LogP contribution >= 0.6 is 0 Å². The smallest absolute Gasteiger partial charge is 0.352 e. The van der Waals surface area contributed by atoms with Crippen LogP contribution in [0.1, 0.15) is 25.8 Å². The number of carbonyl (C=O) groups is 2. The first-order valence-electron chi connectivity index (χ1n) is 16.5. The van der Waals surface area contributed by atoms with Crippen LogP contribution in [0.2, 0.25) is 0 Å². The Kier molecular flexibility index (Phi) is 7.60. The lowest BCUT2D eigenvalue weighted by atomic mass is 9.77. The number of carboxylic acids is 1. The van der Waals surface area contributed by atoms with Gasteiger partial charge in [-0.05, 0) is 36.7 Å². The summed E-state index contributed by atoms with van der Waals surface area (Å²) in [5.41, 5.74) is 8.87. The number of rotatable bonds is 10. The fourth-order valence-electron chi connectivity index (χ4n) is 8.91. The first kappa shape index (κ1) is 31.3. The number of amides is 1. The van der Waals surface area contributed by atoms with E-state index in [2.05, 4.69) is 0 Å². The zero-order valence-electron chi connectivity index (χ0n) is 26.6. The van der Waals surface area contributed by atoms with Crippen molar-refractivity contribution in [3.63, 3.8) is 0 Å². The van der Waals surface area contributed by atoms with Gasteiger partial charge in [0.1, 0.15) is 45.0 Å². The molecule has 0 aromatic heterocycles. The summed E-state index contributed by atoms with van der Waals surface area (Å²) in [7, 11) is -4.07. The van der Waals surface area contributed by atoms with Crippen molar-refractivity contribution in [2.75, 3.05) is 69.8 Å². The number of nitrogens with zero attached hydrogens (tertiary/aromatic N) is 4. The molecule has 0 spiro atoms. The zero-order chi connectivity index (χ0) is 32.6. The van der Waals surface area contributed by atoms with Crippen LogP contribution in [0.25, 0.3) is 11.1 Å². The number of carboxylic acid groups (broad SMARTS) is 1. The van der Waals surface area contributed by atoms with Gasteiger partial charge < -0.3 is 29.8 Å². The lowest BCUT2D eigenvalue weighted by molar-refractivity contribution is -1.08. The summed E-state index contributed by atoms with van der Waals surface area (Å²) in [5, 5.41) is 20.5. The number of sulfonamides is 1. The van der Waals surface area contributed by atoms with E-state index >= 15 is 0 Å². The summed E-state index contributed by atoms with van der Waals surface area (Å²) in [6.45, 7) is 13.0. The van der Waals surface area contributed by atoms with Gasteiger partial charge in [0.2, 0.25) is 5.91 Å². The summed E-state index contributed by atoms with van der Waals surface area (Å²) in [6, 6.07) is 12.6. The Hall–Kier alpha value is -3.29. The van der Waals surface area contributed by atoms with Crippen molar-refractivity contribution in [2.24, 2.45) is 17.6 Å². The highest BCUT2D eigenvalue weighted by Crippen LogP contribution is 2.49. The normalized spacial score (nSPS) is 31.3. The highest BCUT2D eigenvalue weighted by Gasteiger charge is 2.60. The lowest BCUT2D eigenvalue weighted by Gasteiger charge is -2.55. The topological polar surface area (TPSA) is 141 Å². The second kappa shape index (κ2) is 11.2. The fraction of sp³-hybridized carbons (Fsp3) is 0.529. The Bertz CT molecular complexity index is 1710. The minimum Gasteiger partial charge on any atom is -0.477 e. The molecule has 0 radical (unpaired) electrons. The van der Waals surface area contributed by atoms with Crippen molar-refractivity contribution >= 4 is 27.6 Å². The standard InChI is InChI=1S/C34H44N5O6S/c1-22-27(32(34(42)43)37-31(22)30(23(2)40)33(37)41)21-36-28-7-4-3-6-25(28)26-9-8-24(20-29(26)46(36,44)45)10-13-39-17-14-38(15-18-39,16-19-39)12-5-11-35/h3-4,6-9,20,22-23,30-31,40H,5,10-19,21,35H2,1-2H3/q+1/p+1/t22-,23+,30+,31+,38?,39?/m0/s1. The molecule has 12 heteroatoms. The van der Waals surface area contributed by atoms with Gasteiger partial charge in [-0.25, -0.2) is 13.2 Å². The molecule has 0 aliphatic carbocycles. The van der Waals surface area contributed by atoms with Crippen LogP contribution in [0.3, 0.4) is 0 Å². The number of aliphatic hydroxyl groups excluding tert-OH is 1. The third-order valence-corrected chi connectivity index (χ3v) is 13.6. The summed E-state index contributed by atoms with van der Waals surface area (Å²) in [4.78, 5) is 26.9. The zero-order valence-corrected chi connectivity index (χ0v) is 27.5. The molecule has 2 aromatic carbocycles. The van der Waals surface area contributed by atoms with Gasteiger partial charge in [0.05, 0.1) is 48.3 Å². The molecular formula is C34H45N5O6S+2. The number of β-lactam (4-membered cyclic amide) rings is 1. The third-order valence-electron chi connectivity index (χ3n) is 11.8. The second-order valence-corrected chi connectivity index (χ2v) is 16.0. The maximum absolute atomic E-state index is 14.5. The number of hydrogen-bond donors (Lipinski definition) is 3. The fourth-order valence-corrected chi connectivity index (χ4v) is 10.6. The Balaban J connectivity index is 1.18. The van der Waals surface area contributed by atoms with Crippen molar-refractivity contribution < 1.29 is 37.2 Å². The van der Waals surface area contributed by atoms with Gasteiger partial charge in [0, 0.05) is 29.9 Å². The van der Waals surface area contributed by atoms with E-state index in [0.717, 1.165) is 67.7 Å². The molecule has 1 amide bonds. The number of fused-ring (bicyclic) bond motifs is 7. The van der Waals surface area contributed by atoms with E-state index in [-0.39, 0.29) is 17.1 Å². The molecule has 11 nitrogen and oxygen atoms in total. The largest absolute Gasteiger partial charge is 0.477 e. The number of anilines is 1. The van der Waals surface area contributed by atoms with Crippen molar-refractivity contribution in [2.45, 2.75) is 43.7 Å². The SMILES string of the molecule is C[C@@H](O)[C@H]1C(=O)N2C(C(=O)O)=C(CN3c4ccccc4-c4ccc(CC[N+]56CC[N+](CCCN)(CC5)CC6)cc4S3(=O)=O)[C@H](C)[C@H]12. The van der Waals surface area contributed by atoms with Gasteiger partial charge in [-0.15, -0.1) is 0 Å². The van der Waals surface area contributed by atoms with E-state index in [4.69, 9.17) is 5.73 Å². The molecule has 46 heavy (non-hydrogen) atoms. The molecule has 6 heterocycles. The van der Waals surface area contributed by atoms with Crippen molar-refractivity contribution in [3.05, 3.63) is 59.3 Å². The van der Waals surface area contributed by atoms with Crippen molar-refractivity contribution in [1.29, 1.82) is 0 Å². The van der Waals surface area contributed by atoms with Crippen LogP contribution in [-0.4, -0.2) is 122 Å². The Morgan fingerprint density at radius 1 is 1.02 bits per heavy atom. The molecule has 4 fully saturated rings. The van der Waals surface area contributed by atoms with Gasteiger partial charge in [-0.1, -0.05) is 37.3 Å². The van der Waals surface area contributed by atoms with E-state index in [1.54, 1.807) is 12.1 Å². The molecular weight excluding hydrogens is 606 g/mol. The second-order valence-electron chi connectivity index (χ2n) is 14.2. The number of hydrogen-bond acceptors (Lipinski definition) is 6. The number of aliphatic hydroxyl groups is 1. The quantitative estimate of drug-likeness (QED) is 0.262. The van der Waals surface area contributed by atoms with Crippen molar-refractivity contribution in [1.82, 2.24) is 4.90 Å². The monoisotopic (exact) mass is 651 g/mol. The average molecular weight is 652 g/mol. The van der Waals surface area contributed by atoms with Crippen LogP contribution in [0.4, 0.5) is 5.69 Å². The minimum absolute atomic E-state index is 0.172. The molecule has 0 saturated carbocycles. The Labute approximate surface area is 270 Å². The molecule has 0 unspecified atom stereocenters. The molecule has 8 rings (SSSR count). The molecule has 2 bridgehead atoms. The van der Waals surface area contributed by atoms with Crippen LogP contribution in [0.5, 0.6) is 0 Å². The number of piperazine rings is 3. The van der Waals surface area contributed by atoms with Crippen molar-refractivity contribution in [3.8, 4) is 11.1 Å². The predicted molar refractivity (Wildman–Crippen MR) is 173 cm³/mol. The van der Waals surface area contributed by atoms with E-state index in [1.807, 2.05) is 37.3 Å². The van der Waals surface area contributed by atoms with Gasteiger partial charge >= 0.3 is 5.97 Å². The number of quaternary nitrogens is 2. The lowest BCUT2D eigenvalue weighted by Crippen LogP contribution is -2.75. The minimum atomic E-state index is -4.07. The molecule has 4 N–H and O–H groups in total. The number of aliphatic carboxylic acids is 1.